The molecule has 0 bridgehead atoms. The van der Waals surface area contributed by atoms with Crippen LogP contribution in [-0.2, 0) is 14.2 Å². The van der Waals surface area contributed by atoms with Gasteiger partial charge < -0.3 is 33.9 Å². The third-order valence-electron chi connectivity index (χ3n) is 6.31. The van der Waals surface area contributed by atoms with Crippen LogP contribution in [0.15, 0.2) is 36.4 Å². The first kappa shape index (κ1) is 20.3. The van der Waals surface area contributed by atoms with Crippen molar-refractivity contribution in [3.63, 3.8) is 0 Å². The number of aromatic amines is 1. The van der Waals surface area contributed by atoms with Crippen LogP contribution in [-0.4, -0.2) is 79.0 Å². The second-order valence-electron chi connectivity index (χ2n) is 8.35. The summed E-state index contributed by atoms with van der Waals surface area (Å²) >= 11 is 6.58. The molecule has 8 nitrogen and oxygen atoms in total. The minimum absolute atomic E-state index is 0.270. The number of benzene rings is 1. The third-order valence-corrected chi connectivity index (χ3v) is 6.60. The van der Waals surface area contributed by atoms with E-state index in [0.717, 1.165) is 48.6 Å². The van der Waals surface area contributed by atoms with E-state index < -0.39 is 6.10 Å². The zero-order valence-electron chi connectivity index (χ0n) is 17.4. The molecule has 0 aliphatic carbocycles. The number of fused-ring (bicyclic) bond motifs is 2. The van der Waals surface area contributed by atoms with E-state index in [1.54, 1.807) is 0 Å². The van der Waals surface area contributed by atoms with Crippen molar-refractivity contribution in [3.8, 4) is 17.1 Å². The molecule has 32 heavy (non-hydrogen) atoms. The van der Waals surface area contributed by atoms with Gasteiger partial charge in [0, 0.05) is 30.4 Å². The number of rotatable bonds is 4. The zero-order valence-corrected chi connectivity index (χ0v) is 18.1. The number of nitrogens with zero attached hydrogens (tertiary/aromatic N) is 2. The van der Waals surface area contributed by atoms with Crippen molar-refractivity contribution in [1.29, 1.82) is 0 Å². The molecule has 1 aromatic carbocycles. The smallest absolute Gasteiger partial charge is 0.193 e. The quantitative estimate of drug-likeness (QED) is 0.622. The number of nitrogens with one attached hydrogen (secondary N) is 1. The van der Waals surface area contributed by atoms with Gasteiger partial charge in [-0.3, -0.25) is 0 Å². The standard InChI is InChI=1S/C23H24ClN3O5/c24-15-9-16-17(10-20(25-16)32-19-12-31-22-18(28)11-30-23(19)22)26-21(15)13-1-3-14(4-2-13)27-5-7-29-8-6-27/h1-4,9-10,18-19,22-23,25,28H,5-8,11-12H2/t18-,19-,22?,23?/m1/s1. The predicted octanol–water partition coefficient (Wildman–Crippen LogP) is 2.63. The lowest BCUT2D eigenvalue weighted by atomic mass is 10.1. The second kappa shape index (κ2) is 8.20. The lowest BCUT2D eigenvalue weighted by Crippen LogP contribution is -2.36. The maximum atomic E-state index is 9.91. The first-order valence-corrected chi connectivity index (χ1v) is 11.2. The Morgan fingerprint density at radius 2 is 1.84 bits per heavy atom. The fourth-order valence-electron chi connectivity index (χ4n) is 4.63. The molecular formula is C23H24ClN3O5. The van der Waals surface area contributed by atoms with E-state index in [4.69, 9.17) is 35.5 Å². The maximum Gasteiger partial charge on any atom is 0.193 e. The van der Waals surface area contributed by atoms with Gasteiger partial charge in [0.2, 0.25) is 0 Å². The van der Waals surface area contributed by atoms with Gasteiger partial charge >= 0.3 is 0 Å². The van der Waals surface area contributed by atoms with Crippen molar-refractivity contribution >= 4 is 28.3 Å². The monoisotopic (exact) mass is 457 g/mol. The van der Waals surface area contributed by atoms with Crippen LogP contribution in [0.2, 0.25) is 5.02 Å². The van der Waals surface area contributed by atoms with Gasteiger partial charge in [-0.25, -0.2) is 4.98 Å². The molecule has 2 aromatic heterocycles. The number of morpholine rings is 1. The van der Waals surface area contributed by atoms with Gasteiger partial charge in [-0.05, 0) is 18.2 Å². The summed E-state index contributed by atoms with van der Waals surface area (Å²) in [5.41, 5.74) is 4.41. The molecule has 2 N–H and O–H groups in total. The Morgan fingerprint density at radius 1 is 1.06 bits per heavy atom. The summed E-state index contributed by atoms with van der Waals surface area (Å²) in [5, 5.41) is 10.5. The Labute approximate surface area is 190 Å². The number of hydrogen-bond acceptors (Lipinski definition) is 7. The molecular weight excluding hydrogens is 434 g/mol. The molecule has 0 radical (unpaired) electrons. The molecule has 168 valence electrons. The van der Waals surface area contributed by atoms with Crippen LogP contribution in [0.3, 0.4) is 0 Å². The van der Waals surface area contributed by atoms with Crippen LogP contribution < -0.4 is 9.64 Å². The summed E-state index contributed by atoms with van der Waals surface area (Å²) in [4.78, 5) is 10.3. The largest absolute Gasteiger partial charge is 0.470 e. The van der Waals surface area contributed by atoms with Crippen LogP contribution in [0.4, 0.5) is 5.69 Å². The number of ether oxygens (including phenoxy) is 4. The van der Waals surface area contributed by atoms with Crippen LogP contribution in [0.25, 0.3) is 22.3 Å². The Morgan fingerprint density at radius 3 is 2.66 bits per heavy atom. The molecule has 4 atom stereocenters. The van der Waals surface area contributed by atoms with Gasteiger partial charge in [0.1, 0.15) is 18.3 Å². The molecule has 0 saturated carbocycles. The molecule has 3 aromatic rings. The van der Waals surface area contributed by atoms with Crippen molar-refractivity contribution in [2.75, 3.05) is 44.4 Å². The average Bonchev–Trinajstić information content (AvgIpc) is 3.51. The Bertz CT molecular complexity index is 1110. The van der Waals surface area contributed by atoms with E-state index in [1.165, 1.54) is 5.69 Å². The molecule has 3 fully saturated rings. The van der Waals surface area contributed by atoms with E-state index in [9.17, 15) is 5.11 Å². The van der Waals surface area contributed by atoms with Crippen LogP contribution in [0.1, 0.15) is 0 Å². The number of aliphatic hydroxyl groups excluding tert-OH is 1. The molecule has 3 aliphatic heterocycles. The van der Waals surface area contributed by atoms with Crippen molar-refractivity contribution in [3.05, 3.63) is 41.4 Å². The highest BCUT2D eigenvalue weighted by molar-refractivity contribution is 6.33. The average molecular weight is 458 g/mol. The predicted molar refractivity (Wildman–Crippen MR) is 119 cm³/mol. The van der Waals surface area contributed by atoms with Gasteiger partial charge in [0.25, 0.3) is 0 Å². The van der Waals surface area contributed by atoms with Crippen LogP contribution in [0.5, 0.6) is 5.88 Å². The van der Waals surface area contributed by atoms with Crippen molar-refractivity contribution in [2.45, 2.75) is 24.4 Å². The molecule has 3 aliphatic rings. The fraction of sp³-hybridized carbons (Fsp3) is 0.435. The van der Waals surface area contributed by atoms with Crippen LogP contribution >= 0.6 is 11.6 Å². The molecule has 5 heterocycles. The second-order valence-corrected chi connectivity index (χ2v) is 8.76. The van der Waals surface area contributed by atoms with Gasteiger partial charge in [0.05, 0.1) is 48.2 Å². The highest BCUT2D eigenvalue weighted by Gasteiger charge is 2.48. The van der Waals surface area contributed by atoms with E-state index in [1.807, 2.05) is 24.3 Å². The normalized spacial score (nSPS) is 27.8. The van der Waals surface area contributed by atoms with E-state index in [-0.39, 0.29) is 24.9 Å². The number of pyridine rings is 1. The van der Waals surface area contributed by atoms with Gasteiger partial charge in [0.15, 0.2) is 12.0 Å². The first-order valence-electron chi connectivity index (χ1n) is 10.9. The Kier molecular flexibility index (Phi) is 5.20. The molecule has 0 spiro atoms. The summed E-state index contributed by atoms with van der Waals surface area (Å²) in [6.07, 6.45) is -1.49. The maximum absolute atomic E-state index is 9.91. The van der Waals surface area contributed by atoms with Crippen molar-refractivity contribution in [1.82, 2.24) is 9.97 Å². The third kappa shape index (κ3) is 3.62. The van der Waals surface area contributed by atoms with Gasteiger partial charge in [-0.15, -0.1) is 0 Å². The summed E-state index contributed by atoms with van der Waals surface area (Å²) in [5.74, 6) is 0.572. The molecule has 6 rings (SSSR count). The topological polar surface area (TPSA) is 89.1 Å². The number of H-pyrrole nitrogens is 1. The lowest BCUT2D eigenvalue weighted by Gasteiger charge is -2.28. The fourth-order valence-corrected chi connectivity index (χ4v) is 4.89. The SMILES string of the molecule is O[C@@H]1COC2C1OC[C@H]2Oc1cc2nc(-c3ccc(N4CCOCC4)cc3)c(Cl)cc2[nH]1. The minimum atomic E-state index is -0.603. The summed E-state index contributed by atoms with van der Waals surface area (Å²) in [6, 6.07) is 12.0. The Balaban J connectivity index is 1.23. The van der Waals surface area contributed by atoms with Crippen molar-refractivity contribution < 1.29 is 24.1 Å². The molecule has 2 unspecified atom stereocenters. The number of hydrogen-bond donors (Lipinski definition) is 2. The summed E-state index contributed by atoms with van der Waals surface area (Å²) in [6.45, 7) is 3.95. The van der Waals surface area contributed by atoms with Gasteiger partial charge in [-0.1, -0.05) is 23.7 Å². The minimum Gasteiger partial charge on any atom is -0.470 e. The Hall–Kier alpha value is -2.36. The molecule has 3 saturated heterocycles. The highest BCUT2D eigenvalue weighted by atomic mass is 35.5. The van der Waals surface area contributed by atoms with Crippen molar-refractivity contribution in [2.24, 2.45) is 0 Å². The number of anilines is 1. The van der Waals surface area contributed by atoms with Crippen LogP contribution in [0, 0.1) is 0 Å². The zero-order chi connectivity index (χ0) is 21.7. The van der Waals surface area contributed by atoms with E-state index >= 15 is 0 Å². The lowest BCUT2D eigenvalue weighted by molar-refractivity contribution is 0.00794. The first-order chi connectivity index (χ1) is 15.7. The van der Waals surface area contributed by atoms with E-state index in [2.05, 4.69) is 22.0 Å². The number of halogens is 1. The molecule has 0 amide bonds. The highest BCUT2D eigenvalue weighted by Crippen LogP contribution is 2.34. The van der Waals surface area contributed by atoms with E-state index in [0.29, 0.717) is 17.5 Å². The summed E-state index contributed by atoms with van der Waals surface area (Å²) in [7, 11) is 0. The number of aliphatic hydroxyl groups is 1. The number of aromatic nitrogens is 2. The molecule has 9 heteroatoms. The summed E-state index contributed by atoms with van der Waals surface area (Å²) < 4.78 is 22.8. The van der Waals surface area contributed by atoms with Gasteiger partial charge in [-0.2, -0.15) is 0 Å².